The van der Waals surface area contributed by atoms with Crippen LogP contribution in [0, 0.1) is 6.92 Å². The Morgan fingerprint density at radius 2 is 1.81 bits per heavy atom. The Balaban J connectivity index is 1.53. The van der Waals surface area contributed by atoms with Gasteiger partial charge < -0.3 is 0 Å². The van der Waals surface area contributed by atoms with E-state index in [4.69, 9.17) is 0 Å². The second-order valence-corrected chi connectivity index (χ2v) is 10.5. The third kappa shape index (κ3) is 2.57. The number of hydrogen-bond donors (Lipinski definition) is 0. The molecule has 6 rings (SSSR count). The van der Waals surface area contributed by atoms with Gasteiger partial charge in [0, 0.05) is 11.6 Å². The molecule has 0 saturated carbocycles. The lowest BCUT2D eigenvalue weighted by molar-refractivity contribution is 0.0927. The summed E-state index contributed by atoms with van der Waals surface area (Å²) in [5.74, 6) is -0.742. The fraction of sp³-hybridized carbons (Fsp3) is 0.217. The molecule has 1 atom stereocenters. The second-order valence-electron chi connectivity index (χ2n) is 8.28. The summed E-state index contributed by atoms with van der Waals surface area (Å²) >= 11 is 0. The van der Waals surface area contributed by atoms with Gasteiger partial charge >= 0.3 is 0 Å². The third-order valence-corrected chi connectivity index (χ3v) is 8.06. The lowest BCUT2D eigenvalue weighted by Crippen LogP contribution is -2.29. The predicted molar refractivity (Wildman–Crippen MR) is 120 cm³/mol. The van der Waals surface area contributed by atoms with Crippen LogP contribution in [0.4, 0.5) is 5.69 Å². The van der Waals surface area contributed by atoms with Crippen molar-refractivity contribution < 1.29 is 18.0 Å². The molecule has 0 aliphatic carbocycles. The molecule has 2 aromatic carbocycles. The highest BCUT2D eigenvalue weighted by atomic mass is 32.2. The van der Waals surface area contributed by atoms with Crippen molar-refractivity contribution >= 4 is 49.1 Å². The fourth-order valence-electron chi connectivity index (χ4n) is 4.83. The number of aryl methyl sites for hydroxylation is 1. The van der Waals surface area contributed by atoms with E-state index in [0.29, 0.717) is 28.8 Å². The maximum absolute atomic E-state index is 13.6. The number of benzene rings is 2. The van der Waals surface area contributed by atoms with Crippen molar-refractivity contribution in [2.45, 2.75) is 19.4 Å². The summed E-state index contributed by atoms with van der Waals surface area (Å²) in [6.07, 6.45) is 1.86. The topological polar surface area (TPSA) is 102 Å². The van der Waals surface area contributed by atoms with Crippen LogP contribution in [0.2, 0.25) is 0 Å². The minimum Gasteiger partial charge on any atom is -0.268 e. The first-order valence-corrected chi connectivity index (χ1v) is 12.1. The summed E-state index contributed by atoms with van der Waals surface area (Å²) < 4.78 is 25.6. The van der Waals surface area contributed by atoms with E-state index in [0.717, 1.165) is 10.8 Å². The first-order valence-electron chi connectivity index (χ1n) is 10.3. The van der Waals surface area contributed by atoms with Crippen molar-refractivity contribution in [2.75, 3.05) is 16.4 Å². The quantitative estimate of drug-likeness (QED) is 0.439. The molecular weight excluding hydrogens is 428 g/mol. The molecule has 160 valence electrons. The van der Waals surface area contributed by atoms with E-state index in [2.05, 4.69) is 10.1 Å². The van der Waals surface area contributed by atoms with Gasteiger partial charge in [0.25, 0.3) is 11.8 Å². The number of sulfone groups is 1. The van der Waals surface area contributed by atoms with Crippen LogP contribution in [0.25, 0.3) is 21.8 Å². The van der Waals surface area contributed by atoms with Crippen molar-refractivity contribution in [1.29, 1.82) is 0 Å². The highest BCUT2D eigenvalue weighted by Crippen LogP contribution is 2.38. The average molecular weight is 446 g/mol. The Labute approximate surface area is 183 Å². The van der Waals surface area contributed by atoms with Crippen molar-refractivity contribution in [3.8, 4) is 0 Å². The molecule has 9 heteroatoms. The van der Waals surface area contributed by atoms with Gasteiger partial charge in [0.05, 0.1) is 45.4 Å². The minimum atomic E-state index is -3.12. The third-order valence-electron chi connectivity index (χ3n) is 6.31. The first-order chi connectivity index (χ1) is 15.4. The number of anilines is 1. The SMILES string of the molecule is Cc1nn(C2CCS(=O)(=O)C2)c2ncc3c(c12)C(=O)N(c1cccc2ccccc12)C3=O. The maximum atomic E-state index is 13.6. The van der Waals surface area contributed by atoms with Gasteiger partial charge in [-0.3, -0.25) is 9.59 Å². The molecule has 0 N–H and O–H groups in total. The normalized spacial score (nSPS) is 19.9. The van der Waals surface area contributed by atoms with E-state index in [1.54, 1.807) is 17.7 Å². The zero-order valence-corrected chi connectivity index (χ0v) is 18.0. The largest absolute Gasteiger partial charge is 0.268 e. The van der Waals surface area contributed by atoms with E-state index in [1.807, 2.05) is 36.4 Å². The van der Waals surface area contributed by atoms with Gasteiger partial charge in [-0.05, 0) is 24.8 Å². The number of pyridine rings is 1. The van der Waals surface area contributed by atoms with E-state index >= 15 is 0 Å². The van der Waals surface area contributed by atoms with Crippen LogP contribution in [0.3, 0.4) is 0 Å². The Morgan fingerprint density at radius 3 is 2.59 bits per heavy atom. The van der Waals surface area contributed by atoms with Crippen molar-refractivity contribution in [3.63, 3.8) is 0 Å². The lowest BCUT2D eigenvalue weighted by atomic mass is 10.1. The van der Waals surface area contributed by atoms with Crippen LogP contribution in [0.5, 0.6) is 0 Å². The van der Waals surface area contributed by atoms with Crippen LogP contribution in [-0.4, -0.2) is 46.5 Å². The number of carbonyl (C=O) groups is 2. The molecule has 2 aromatic heterocycles. The molecule has 1 saturated heterocycles. The van der Waals surface area contributed by atoms with Crippen LogP contribution < -0.4 is 4.90 Å². The highest BCUT2D eigenvalue weighted by Gasteiger charge is 2.41. The number of carbonyl (C=O) groups excluding carboxylic acids is 2. The van der Waals surface area contributed by atoms with E-state index in [-0.39, 0.29) is 28.7 Å². The number of amides is 2. The average Bonchev–Trinajstić information content (AvgIpc) is 3.39. The smallest absolute Gasteiger partial charge is 0.267 e. The molecule has 0 spiro atoms. The summed E-state index contributed by atoms with van der Waals surface area (Å²) in [5, 5.41) is 6.77. The summed E-state index contributed by atoms with van der Waals surface area (Å²) in [7, 11) is -3.12. The molecule has 2 aliphatic rings. The summed E-state index contributed by atoms with van der Waals surface area (Å²) in [6, 6.07) is 12.8. The van der Waals surface area contributed by atoms with E-state index < -0.39 is 21.7 Å². The van der Waals surface area contributed by atoms with E-state index in [9.17, 15) is 18.0 Å². The van der Waals surface area contributed by atoms with Crippen LogP contribution in [-0.2, 0) is 9.84 Å². The van der Waals surface area contributed by atoms with Crippen LogP contribution in [0.15, 0.2) is 48.7 Å². The predicted octanol–water partition coefficient (Wildman–Crippen LogP) is 3.05. The van der Waals surface area contributed by atoms with Gasteiger partial charge in [0.1, 0.15) is 0 Å². The standard InChI is InChI=1S/C23H18N4O4S/c1-13-19-20-17(11-24-21(19)27(25-13)15-9-10-32(30,31)12-15)22(28)26(23(20)29)18-8-4-6-14-5-2-3-7-16(14)18/h2-8,11,15H,9-10,12H2,1H3. The molecule has 2 aliphatic heterocycles. The summed E-state index contributed by atoms with van der Waals surface area (Å²) in [4.78, 5) is 32.6. The first kappa shape index (κ1) is 19.1. The number of aromatic nitrogens is 3. The van der Waals surface area contributed by atoms with Gasteiger partial charge in [0.2, 0.25) is 0 Å². The number of rotatable bonds is 2. The zero-order valence-electron chi connectivity index (χ0n) is 17.1. The Hall–Kier alpha value is -3.59. The molecular formula is C23H18N4O4S. The van der Waals surface area contributed by atoms with Gasteiger partial charge in [-0.25, -0.2) is 23.0 Å². The molecule has 4 aromatic rings. The molecule has 1 fully saturated rings. The Kier molecular flexibility index (Phi) is 3.86. The molecule has 1 unspecified atom stereocenters. The molecule has 0 bridgehead atoms. The van der Waals surface area contributed by atoms with Crippen molar-refractivity contribution in [3.05, 3.63) is 65.5 Å². The summed E-state index contributed by atoms with van der Waals surface area (Å²) in [6.45, 7) is 1.75. The monoisotopic (exact) mass is 446 g/mol. The number of hydrogen-bond acceptors (Lipinski definition) is 6. The molecule has 8 nitrogen and oxygen atoms in total. The zero-order chi connectivity index (χ0) is 22.2. The molecule has 2 amide bonds. The second kappa shape index (κ2) is 6.46. The Morgan fingerprint density at radius 1 is 1.03 bits per heavy atom. The minimum absolute atomic E-state index is 0.00298. The van der Waals surface area contributed by atoms with Gasteiger partial charge in [-0.15, -0.1) is 0 Å². The van der Waals surface area contributed by atoms with Crippen LogP contribution >= 0.6 is 0 Å². The maximum Gasteiger partial charge on any atom is 0.267 e. The van der Waals surface area contributed by atoms with E-state index in [1.165, 1.54) is 11.1 Å². The highest BCUT2D eigenvalue weighted by molar-refractivity contribution is 7.91. The van der Waals surface area contributed by atoms with Gasteiger partial charge in [-0.2, -0.15) is 5.10 Å². The number of fused-ring (bicyclic) bond motifs is 4. The summed E-state index contributed by atoms with van der Waals surface area (Å²) in [5.41, 5.74) is 2.02. The lowest BCUT2D eigenvalue weighted by Gasteiger charge is -2.16. The molecule has 32 heavy (non-hydrogen) atoms. The van der Waals surface area contributed by atoms with Crippen molar-refractivity contribution in [2.24, 2.45) is 0 Å². The van der Waals surface area contributed by atoms with Crippen LogP contribution in [0.1, 0.15) is 38.9 Å². The Bertz CT molecular complexity index is 1580. The number of nitrogens with zero attached hydrogens (tertiary/aromatic N) is 4. The van der Waals surface area contributed by atoms with Gasteiger partial charge in [0.15, 0.2) is 15.5 Å². The fourth-order valence-corrected chi connectivity index (χ4v) is 6.52. The van der Waals surface area contributed by atoms with Crippen molar-refractivity contribution in [1.82, 2.24) is 14.8 Å². The van der Waals surface area contributed by atoms with Gasteiger partial charge in [-0.1, -0.05) is 36.4 Å². The molecule has 4 heterocycles. The number of imide groups is 1. The molecule has 0 radical (unpaired) electrons.